The molecule has 0 radical (unpaired) electrons. The molecule has 0 amide bonds. The molecule has 4 rings (SSSR count). The Balaban J connectivity index is 1.90. The largest absolute Gasteiger partial charge is 0.340 e. The lowest BCUT2D eigenvalue weighted by Crippen LogP contribution is -2.23. The van der Waals surface area contributed by atoms with E-state index in [0.29, 0.717) is 17.2 Å². The van der Waals surface area contributed by atoms with Crippen molar-refractivity contribution in [2.45, 2.75) is 32.6 Å². The molecule has 0 N–H and O–H groups in total. The number of hydrogen-bond donors (Lipinski definition) is 0. The number of imidazole rings is 1. The molecule has 2 aliphatic rings. The van der Waals surface area contributed by atoms with Gasteiger partial charge < -0.3 is 4.57 Å². The van der Waals surface area contributed by atoms with E-state index in [1.54, 1.807) is 12.4 Å². The molecule has 114 valence electrons. The molecule has 5 heteroatoms. The van der Waals surface area contributed by atoms with Gasteiger partial charge in [0, 0.05) is 19.3 Å². The molecular formula is C17H19N3O2. The molecule has 2 atom stereocenters. The predicted octanol–water partition coefficient (Wildman–Crippen LogP) is 3.68. The van der Waals surface area contributed by atoms with Crippen LogP contribution in [0, 0.1) is 21.4 Å². The summed E-state index contributed by atoms with van der Waals surface area (Å²) in [6.07, 6.45) is 5.65. The Kier molecular flexibility index (Phi) is 2.56. The van der Waals surface area contributed by atoms with E-state index in [1.165, 1.54) is 12.0 Å². The highest BCUT2D eigenvalue weighted by atomic mass is 16.6. The molecule has 1 heterocycles. The Morgan fingerprint density at radius 3 is 2.82 bits per heavy atom. The van der Waals surface area contributed by atoms with Crippen LogP contribution in [0.3, 0.4) is 0 Å². The van der Waals surface area contributed by atoms with Gasteiger partial charge in [0.05, 0.1) is 22.5 Å². The van der Waals surface area contributed by atoms with Crippen LogP contribution in [0.25, 0.3) is 11.3 Å². The Morgan fingerprint density at radius 1 is 1.41 bits per heavy atom. The molecular weight excluding hydrogens is 278 g/mol. The number of nitro groups is 1. The fourth-order valence-corrected chi connectivity index (χ4v) is 4.08. The first-order valence-corrected chi connectivity index (χ1v) is 7.66. The molecule has 1 aromatic carbocycles. The lowest BCUT2D eigenvalue weighted by molar-refractivity contribution is -0.384. The van der Waals surface area contributed by atoms with Crippen LogP contribution in [0.15, 0.2) is 24.7 Å². The minimum absolute atomic E-state index is 0.173. The summed E-state index contributed by atoms with van der Waals surface area (Å²) >= 11 is 0. The fraction of sp³-hybridized carbons (Fsp3) is 0.471. The third-order valence-electron chi connectivity index (χ3n) is 5.27. The zero-order valence-corrected chi connectivity index (χ0v) is 13.0. The first-order valence-electron chi connectivity index (χ1n) is 7.66. The second kappa shape index (κ2) is 4.18. The van der Waals surface area contributed by atoms with Crippen molar-refractivity contribution >= 4 is 5.69 Å². The summed E-state index contributed by atoms with van der Waals surface area (Å²) < 4.78 is 1.82. The predicted molar refractivity (Wildman–Crippen MR) is 83.6 cm³/mol. The first kappa shape index (κ1) is 13.5. The molecule has 0 aliphatic heterocycles. The van der Waals surface area contributed by atoms with E-state index in [4.69, 9.17) is 0 Å². The van der Waals surface area contributed by atoms with Crippen molar-refractivity contribution < 1.29 is 4.92 Å². The molecule has 1 fully saturated rings. The third kappa shape index (κ3) is 1.88. The standard InChI is InChI=1S/C17H19N3O2/c1-17(2)7-10-4-16(20(21)22)13(15-8-19(3)9-18-15)5-11(10)12-6-14(12)17/h4-5,8-9,12,14H,6-7H2,1-3H3. The number of nitro benzene ring substituents is 1. The van der Waals surface area contributed by atoms with Crippen LogP contribution in [0.5, 0.6) is 0 Å². The van der Waals surface area contributed by atoms with E-state index in [-0.39, 0.29) is 16.0 Å². The second-order valence-corrected chi connectivity index (χ2v) is 7.36. The summed E-state index contributed by atoms with van der Waals surface area (Å²) in [6, 6.07) is 3.81. The van der Waals surface area contributed by atoms with Gasteiger partial charge in [-0.15, -0.1) is 0 Å². The molecule has 0 spiro atoms. The quantitative estimate of drug-likeness (QED) is 0.627. The van der Waals surface area contributed by atoms with E-state index in [1.807, 2.05) is 23.9 Å². The molecule has 5 nitrogen and oxygen atoms in total. The lowest BCUT2D eigenvalue weighted by atomic mass is 9.73. The molecule has 2 aliphatic carbocycles. The van der Waals surface area contributed by atoms with E-state index < -0.39 is 0 Å². The van der Waals surface area contributed by atoms with Crippen LogP contribution >= 0.6 is 0 Å². The average Bonchev–Trinajstić information content (AvgIpc) is 3.15. The molecule has 2 aromatic rings. The van der Waals surface area contributed by atoms with Gasteiger partial charge in [0.25, 0.3) is 5.69 Å². The van der Waals surface area contributed by atoms with Gasteiger partial charge in [-0.25, -0.2) is 4.98 Å². The van der Waals surface area contributed by atoms with Crippen molar-refractivity contribution in [3.63, 3.8) is 0 Å². The van der Waals surface area contributed by atoms with Gasteiger partial charge in [0.2, 0.25) is 0 Å². The van der Waals surface area contributed by atoms with Crippen molar-refractivity contribution in [2.24, 2.45) is 18.4 Å². The Bertz CT molecular complexity index is 791. The Hall–Kier alpha value is -2.17. The van der Waals surface area contributed by atoms with E-state index in [0.717, 1.165) is 17.9 Å². The maximum atomic E-state index is 11.5. The number of benzene rings is 1. The number of nitrogens with zero attached hydrogens (tertiary/aromatic N) is 3. The molecule has 2 unspecified atom stereocenters. The van der Waals surface area contributed by atoms with Crippen molar-refractivity contribution in [3.05, 3.63) is 45.9 Å². The van der Waals surface area contributed by atoms with Gasteiger partial charge in [0.1, 0.15) is 0 Å². The minimum Gasteiger partial charge on any atom is -0.340 e. The molecule has 1 aromatic heterocycles. The Labute approximate surface area is 129 Å². The molecule has 0 saturated heterocycles. The zero-order chi connectivity index (χ0) is 15.6. The smallest absolute Gasteiger partial charge is 0.279 e. The fourth-order valence-electron chi connectivity index (χ4n) is 4.08. The Morgan fingerprint density at radius 2 is 2.18 bits per heavy atom. The second-order valence-electron chi connectivity index (χ2n) is 7.36. The molecule has 1 saturated carbocycles. The minimum atomic E-state index is -0.281. The highest BCUT2D eigenvalue weighted by Gasteiger charge is 2.52. The van der Waals surface area contributed by atoms with Crippen LogP contribution in [-0.4, -0.2) is 14.5 Å². The number of rotatable bonds is 2. The zero-order valence-electron chi connectivity index (χ0n) is 13.0. The highest BCUT2D eigenvalue weighted by Crippen LogP contribution is 2.62. The third-order valence-corrected chi connectivity index (χ3v) is 5.27. The van der Waals surface area contributed by atoms with Gasteiger partial charge in [-0.3, -0.25) is 10.1 Å². The maximum absolute atomic E-state index is 11.5. The highest BCUT2D eigenvalue weighted by molar-refractivity contribution is 5.73. The summed E-state index contributed by atoms with van der Waals surface area (Å²) in [7, 11) is 1.88. The first-order chi connectivity index (χ1) is 10.4. The van der Waals surface area contributed by atoms with Crippen molar-refractivity contribution in [3.8, 4) is 11.3 Å². The average molecular weight is 297 g/mol. The van der Waals surface area contributed by atoms with Gasteiger partial charge in [-0.2, -0.15) is 0 Å². The number of aryl methyl sites for hydroxylation is 1. The number of aromatic nitrogens is 2. The molecule has 22 heavy (non-hydrogen) atoms. The van der Waals surface area contributed by atoms with Crippen LogP contribution in [-0.2, 0) is 13.5 Å². The van der Waals surface area contributed by atoms with E-state index >= 15 is 0 Å². The van der Waals surface area contributed by atoms with Crippen molar-refractivity contribution in [1.29, 1.82) is 0 Å². The normalized spacial score (nSPS) is 24.5. The van der Waals surface area contributed by atoms with Gasteiger partial charge in [-0.05, 0) is 47.3 Å². The van der Waals surface area contributed by atoms with Crippen LogP contribution in [0.2, 0.25) is 0 Å². The maximum Gasteiger partial charge on any atom is 0.279 e. The SMILES string of the molecule is Cn1cnc(-c2cc3c(cc2[N+](=O)[O-])CC(C)(C)C2CC32)c1. The lowest BCUT2D eigenvalue weighted by Gasteiger charge is -2.31. The van der Waals surface area contributed by atoms with Crippen LogP contribution in [0.1, 0.15) is 37.3 Å². The summed E-state index contributed by atoms with van der Waals surface area (Å²) in [4.78, 5) is 15.5. The van der Waals surface area contributed by atoms with E-state index in [9.17, 15) is 10.1 Å². The topological polar surface area (TPSA) is 61.0 Å². The van der Waals surface area contributed by atoms with E-state index in [2.05, 4.69) is 18.8 Å². The number of hydrogen-bond acceptors (Lipinski definition) is 3. The summed E-state index contributed by atoms with van der Waals surface area (Å²) in [5.41, 5.74) is 4.20. The monoisotopic (exact) mass is 297 g/mol. The van der Waals surface area contributed by atoms with Crippen molar-refractivity contribution in [2.75, 3.05) is 0 Å². The summed E-state index contributed by atoms with van der Waals surface area (Å²) in [5, 5.41) is 11.5. The van der Waals surface area contributed by atoms with Crippen LogP contribution in [0.4, 0.5) is 5.69 Å². The van der Waals surface area contributed by atoms with Crippen LogP contribution < -0.4 is 0 Å². The van der Waals surface area contributed by atoms with Crippen molar-refractivity contribution in [1.82, 2.24) is 9.55 Å². The van der Waals surface area contributed by atoms with Gasteiger partial charge >= 0.3 is 0 Å². The summed E-state index contributed by atoms with van der Waals surface area (Å²) in [5.74, 6) is 1.29. The summed E-state index contributed by atoms with van der Waals surface area (Å²) in [6.45, 7) is 4.55. The number of fused-ring (bicyclic) bond motifs is 3. The van der Waals surface area contributed by atoms with Gasteiger partial charge in [0.15, 0.2) is 0 Å². The van der Waals surface area contributed by atoms with Gasteiger partial charge in [-0.1, -0.05) is 13.8 Å². The molecule has 0 bridgehead atoms.